The van der Waals surface area contributed by atoms with Gasteiger partial charge in [-0.15, -0.1) is 0 Å². The van der Waals surface area contributed by atoms with Crippen LogP contribution in [0.1, 0.15) is 51.5 Å². The van der Waals surface area contributed by atoms with Crippen molar-refractivity contribution in [3.05, 3.63) is 100 Å². The number of carbonyl (C=O) groups excluding carboxylic acids is 2. The largest absolute Gasteiger partial charge is 0.508 e. The fourth-order valence-electron chi connectivity index (χ4n) is 6.62. The van der Waals surface area contributed by atoms with Crippen molar-refractivity contribution in [2.45, 2.75) is 52.1 Å². The van der Waals surface area contributed by atoms with Crippen molar-refractivity contribution in [1.29, 1.82) is 0 Å². The van der Waals surface area contributed by atoms with Gasteiger partial charge in [-0.3, -0.25) is 14.5 Å². The zero-order valence-electron chi connectivity index (χ0n) is 25.0. The zero-order chi connectivity index (χ0) is 31.4. The van der Waals surface area contributed by atoms with Gasteiger partial charge in [-0.2, -0.15) is 0 Å². The number of phenols is 1. The summed E-state index contributed by atoms with van der Waals surface area (Å²) in [5.41, 5.74) is 5.70. The molecule has 0 bridgehead atoms. The molecule has 2 aliphatic rings. The van der Waals surface area contributed by atoms with Crippen LogP contribution in [0.5, 0.6) is 5.75 Å². The number of carbonyl (C=O) groups is 2. The molecule has 0 aromatic heterocycles. The van der Waals surface area contributed by atoms with E-state index in [0.717, 1.165) is 34.5 Å². The van der Waals surface area contributed by atoms with Gasteiger partial charge < -0.3 is 20.6 Å². The van der Waals surface area contributed by atoms with Crippen molar-refractivity contribution in [3.63, 3.8) is 0 Å². The molecule has 4 N–H and O–H groups in total. The molecule has 0 spiro atoms. The Bertz CT molecular complexity index is 1570. The van der Waals surface area contributed by atoms with Crippen LogP contribution in [0.2, 0.25) is 5.02 Å². The Labute approximate surface area is 263 Å². The van der Waals surface area contributed by atoms with Gasteiger partial charge in [0.25, 0.3) is 0 Å². The molecule has 8 heteroatoms. The first-order chi connectivity index (χ1) is 21.2. The number of nitrogens with one attached hydrogen (secondary N) is 1. The highest BCUT2D eigenvalue weighted by Gasteiger charge is 2.55. The van der Waals surface area contributed by atoms with Crippen molar-refractivity contribution in [2.75, 3.05) is 16.8 Å². The maximum Gasteiger partial charge on any atom is 0.238 e. The van der Waals surface area contributed by atoms with E-state index in [9.17, 15) is 24.9 Å². The zero-order valence-corrected chi connectivity index (χ0v) is 25.8. The molecular weight excluding hydrogens is 576 g/mol. The second-order valence-corrected chi connectivity index (χ2v) is 12.1. The molecule has 1 aliphatic carbocycles. The van der Waals surface area contributed by atoms with Crippen LogP contribution in [0.4, 0.5) is 17.1 Å². The number of para-hydroxylation sites is 1. The quantitative estimate of drug-likeness (QED) is 0.134. The van der Waals surface area contributed by atoms with Crippen molar-refractivity contribution >= 4 is 46.6 Å². The van der Waals surface area contributed by atoms with Crippen LogP contribution in [0, 0.1) is 17.8 Å². The second kappa shape index (κ2) is 13.8. The van der Waals surface area contributed by atoms with E-state index in [1.54, 1.807) is 24.3 Å². The third-order valence-electron chi connectivity index (χ3n) is 8.68. The first-order valence-corrected chi connectivity index (χ1v) is 15.6. The summed E-state index contributed by atoms with van der Waals surface area (Å²) in [6, 6.07) is 21.7. The Hall–Kier alpha value is -3.91. The number of aliphatic hydroxyl groups excluding tert-OH is 2. The molecule has 0 unspecified atom stereocenters. The van der Waals surface area contributed by atoms with Crippen LogP contribution in [0.15, 0.2) is 89.5 Å². The Balaban J connectivity index is 1.35. The average Bonchev–Trinajstić information content (AvgIpc) is 3.26. The van der Waals surface area contributed by atoms with Crippen LogP contribution < -0.4 is 10.2 Å². The van der Waals surface area contributed by atoms with Crippen molar-refractivity contribution in [2.24, 2.45) is 17.8 Å². The predicted molar refractivity (Wildman–Crippen MR) is 175 cm³/mol. The number of nitrogens with zero attached hydrogens (tertiary/aromatic N) is 1. The summed E-state index contributed by atoms with van der Waals surface area (Å²) in [5, 5.41) is 35.5. The minimum Gasteiger partial charge on any atom is -0.508 e. The Kier molecular flexibility index (Phi) is 9.89. The molecule has 2 amide bonds. The van der Waals surface area contributed by atoms with E-state index in [2.05, 4.69) is 5.32 Å². The molecule has 3 aromatic carbocycles. The monoisotopic (exact) mass is 614 g/mol. The van der Waals surface area contributed by atoms with Crippen LogP contribution >= 0.6 is 11.6 Å². The lowest BCUT2D eigenvalue weighted by Gasteiger charge is -2.36. The van der Waals surface area contributed by atoms with Gasteiger partial charge >= 0.3 is 0 Å². The Morgan fingerprint density at radius 1 is 1.05 bits per heavy atom. The maximum absolute atomic E-state index is 13.9. The smallest absolute Gasteiger partial charge is 0.238 e. The highest BCUT2D eigenvalue weighted by molar-refractivity contribution is 6.32. The summed E-state index contributed by atoms with van der Waals surface area (Å²) in [5.74, 6) is -2.43. The first-order valence-electron chi connectivity index (χ1n) is 15.2. The minimum absolute atomic E-state index is 0.0943. The van der Waals surface area contributed by atoms with Crippen molar-refractivity contribution in [3.8, 4) is 5.75 Å². The second-order valence-electron chi connectivity index (χ2n) is 11.7. The van der Waals surface area contributed by atoms with Crippen molar-refractivity contribution < 1.29 is 24.9 Å². The Morgan fingerprint density at radius 2 is 1.75 bits per heavy atom. The number of aliphatic hydroxyl groups is 2. The van der Waals surface area contributed by atoms with Gasteiger partial charge in [0.15, 0.2) is 0 Å². The molecule has 0 radical (unpaired) electrons. The number of halogens is 1. The fourth-order valence-corrected chi connectivity index (χ4v) is 6.85. The molecule has 1 aliphatic heterocycles. The number of hydrogen-bond acceptors (Lipinski definition) is 6. The first kappa shape index (κ1) is 31.5. The standard InChI is InChI=1S/C36H39ClN2O5/c1-3-7-24-19-29-34(30(21-40)33(24)32(42)17-10-22(2)18-23-11-16-28(41)20-31(23)37)36(44)39(35(29)43)27-14-12-26(13-15-27)38-25-8-5-4-6-9-25/h4-6,8-9,11-16,18,20,29-30,32,34,38,40-42H,3,7,10,17,19,21H2,1-2H3/b22-18+/t29-,30+,32-,34-/m1/s1. The summed E-state index contributed by atoms with van der Waals surface area (Å²) in [4.78, 5) is 28.9. The molecule has 1 saturated heterocycles. The van der Waals surface area contributed by atoms with Crippen molar-refractivity contribution in [1.82, 2.24) is 0 Å². The molecule has 44 heavy (non-hydrogen) atoms. The number of amides is 2. The SMILES string of the molecule is CCCC1=C([C@H](O)CC/C(C)=C/c2ccc(O)cc2Cl)[C@H](CO)[C@@H]2C(=O)N(c3ccc(Nc4ccccc4)cc3)C(=O)[C@@H]2C1. The van der Waals surface area contributed by atoms with Crippen LogP contribution in [0.3, 0.4) is 0 Å². The number of anilines is 3. The lowest BCUT2D eigenvalue weighted by atomic mass is 9.67. The molecule has 1 fully saturated rings. The number of fused-ring (bicyclic) bond motifs is 1. The van der Waals surface area contributed by atoms with Gasteiger partial charge in [0.1, 0.15) is 5.75 Å². The third kappa shape index (κ3) is 6.60. The van der Waals surface area contributed by atoms with Crippen LogP contribution in [-0.2, 0) is 9.59 Å². The normalized spacial score (nSPS) is 21.1. The molecule has 7 nitrogen and oxygen atoms in total. The summed E-state index contributed by atoms with van der Waals surface area (Å²) in [6.45, 7) is 3.67. The number of allylic oxidation sites excluding steroid dienone is 2. The maximum atomic E-state index is 13.9. The van der Waals surface area contributed by atoms with E-state index in [0.29, 0.717) is 42.0 Å². The van der Waals surface area contributed by atoms with E-state index >= 15 is 0 Å². The molecule has 5 rings (SSSR count). The van der Waals surface area contributed by atoms with Gasteiger partial charge in [0.05, 0.1) is 35.3 Å². The molecule has 4 atom stereocenters. The van der Waals surface area contributed by atoms with Crippen LogP contribution in [0.25, 0.3) is 6.08 Å². The molecule has 0 saturated carbocycles. The summed E-state index contributed by atoms with van der Waals surface area (Å²) in [7, 11) is 0. The lowest BCUT2D eigenvalue weighted by Crippen LogP contribution is -2.39. The van der Waals surface area contributed by atoms with Gasteiger partial charge in [-0.1, -0.05) is 60.4 Å². The molecule has 3 aromatic rings. The van der Waals surface area contributed by atoms with E-state index in [1.807, 2.05) is 62.4 Å². The van der Waals surface area contributed by atoms with E-state index < -0.39 is 23.9 Å². The van der Waals surface area contributed by atoms with Gasteiger partial charge in [-0.05, 0) is 98.3 Å². The topological polar surface area (TPSA) is 110 Å². The summed E-state index contributed by atoms with van der Waals surface area (Å²) < 4.78 is 0. The Morgan fingerprint density at radius 3 is 2.41 bits per heavy atom. The fraction of sp³-hybridized carbons (Fsp3) is 0.333. The van der Waals surface area contributed by atoms with Gasteiger partial charge in [0, 0.05) is 17.3 Å². The molecule has 1 heterocycles. The van der Waals surface area contributed by atoms with Gasteiger partial charge in [-0.25, -0.2) is 0 Å². The summed E-state index contributed by atoms with van der Waals surface area (Å²) in [6.07, 6.45) is 3.93. The third-order valence-corrected chi connectivity index (χ3v) is 9.00. The number of rotatable bonds is 11. The number of benzene rings is 3. The molecular formula is C36H39ClN2O5. The summed E-state index contributed by atoms with van der Waals surface area (Å²) >= 11 is 6.27. The number of hydrogen-bond donors (Lipinski definition) is 4. The minimum atomic E-state index is -0.867. The van der Waals surface area contributed by atoms with E-state index in [4.69, 9.17) is 11.6 Å². The van der Waals surface area contributed by atoms with E-state index in [1.165, 1.54) is 11.0 Å². The number of imide groups is 1. The lowest BCUT2D eigenvalue weighted by molar-refractivity contribution is -0.123. The van der Waals surface area contributed by atoms with E-state index in [-0.39, 0.29) is 24.2 Å². The number of phenolic OH excluding ortho intramolecular Hbond substituents is 1. The highest BCUT2D eigenvalue weighted by atomic mass is 35.5. The number of aromatic hydroxyl groups is 1. The van der Waals surface area contributed by atoms with Crippen LogP contribution in [-0.4, -0.2) is 39.8 Å². The van der Waals surface area contributed by atoms with Gasteiger partial charge in [0.2, 0.25) is 11.8 Å². The average molecular weight is 615 g/mol. The predicted octanol–water partition coefficient (Wildman–Crippen LogP) is 7.25. The highest BCUT2D eigenvalue weighted by Crippen LogP contribution is 2.48. The molecule has 230 valence electrons.